The fourth-order valence-corrected chi connectivity index (χ4v) is 6.25. The van der Waals surface area contributed by atoms with Crippen molar-refractivity contribution in [1.29, 1.82) is 0 Å². The Morgan fingerprint density at radius 2 is 1.09 bits per heavy atom. The average molecular weight is 766 g/mol. The maximum Gasteiger partial charge on any atom is 0.311 e. The van der Waals surface area contributed by atoms with Crippen molar-refractivity contribution in [2.24, 2.45) is 0 Å². The summed E-state index contributed by atoms with van der Waals surface area (Å²) < 4.78 is 27.6. The van der Waals surface area contributed by atoms with Gasteiger partial charge in [-0.2, -0.15) is 0 Å². The number of aromatic nitrogens is 1. The lowest BCUT2D eigenvalue weighted by Gasteiger charge is -2.18. The van der Waals surface area contributed by atoms with Gasteiger partial charge in [0.2, 0.25) is 0 Å². The quantitative estimate of drug-likeness (QED) is 0.0210. The van der Waals surface area contributed by atoms with Crippen LogP contribution in [0.5, 0.6) is 5.75 Å². The molecule has 1 unspecified atom stereocenters. The van der Waals surface area contributed by atoms with E-state index in [0.717, 1.165) is 38.5 Å². The van der Waals surface area contributed by atoms with Crippen molar-refractivity contribution >= 4 is 35.0 Å². The largest absolute Gasteiger partial charge is 0.462 e. The average Bonchev–Trinajstić information content (AvgIpc) is 3.16. The molecule has 304 valence electrons. The van der Waals surface area contributed by atoms with Crippen molar-refractivity contribution < 1.29 is 42.5 Å². The lowest BCUT2D eigenvalue weighted by Crippen LogP contribution is -2.31. The molecular formula is C44H63NO10. The highest BCUT2D eigenvalue weighted by molar-refractivity contribution is 5.80. The second-order valence-corrected chi connectivity index (χ2v) is 14.4. The number of ether oxygens (including phenoxy) is 4. The van der Waals surface area contributed by atoms with Gasteiger partial charge < -0.3 is 23.4 Å². The second-order valence-electron chi connectivity index (χ2n) is 14.4. The summed E-state index contributed by atoms with van der Waals surface area (Å²) in [6, 6.07) is 9.10. The standard InChI is InChI=1S/C44H63NO10/c1-3-5-7-9-11-13-15-17-19-22-41(47)51-32-36(54-43(49)23-20-18-16-14-12-10-8-6-4-2)33-52-42(48)24-21-25-44(50)53-35-27-29-38-40(31-35)55-39-30-34(46)26-28-37(39)45-38/h26-31,36H,3-25,32-33H2,1-2H3. The molecule has 55 heavy (non-hydrogen) atoms. The van der Waals surface area contributed by atoms with Crippen molar-refractivity contribution in [3.8, 4) is 17.2 Å². The van der Waals surface area contributed by atoms with Crippen LogP contribution in [0.15, 0.2) is 45.6 Å². The minimum atomic E-state index is -0.919. The van der Waals surface area contributed by atoms with Gasteiger partial charge in [0.15, 0.2) is 22.9 Å². The summed E-state index contributed by atoms with van der Waals surface area (Å²) in [5.41, 5.74) is 1.22. The Balaban J connectivity index is 1.39. The molecule has 0 fully saturated rings. The molecule has 0 saturated heterocycles. The van der Waals surface area contributed by atoms with E-state index in [1.165, 1.54) is 88.8 Å². The Morgan fingerprint density at radius 1 is 0.582 bits per heavy atom. The first kappa shape index (κ1) is 45.1. The van der Waals surface area contributed by atoms with Gasteiger partial charge in [-0.1, -0.05) is 117 Å². The minimum Gasteiger partial charge on any atom is -0.462 e. The molecule has 1 heterocycles. The van der Waals surface area contributed by atoms with Gasteiger partial charge in [-0.3, -0.25) is 24.0 Å². The molecule has 0 N–H and O–H groups in total. The first-order valence-corrected chi connectivity index (χ1v) is 20.8. The smallest absolute Gasteiger partial charge is 0.311 e. The summed E-state index contributed by atoms with van der Waals surface area (Å²) in [5.74, 6) is -1.34. The number of hydrogen-bond donors (Lipinski definition) is 0. The van der Waals surface area contributed by atoms with Crippen LogP contribution < -0.4 is 10.2 Å². The van der Waals surface area contributed by atoms with E-state index >= 15 is 0 Å². The van der Waals surface area contributed by atoms with E-state index in [4.69, 9.17) is 23.4 Å². The first-order chi connectivity index (χ1) is 26.8. The summed E-state index contributed by atoms with van der Waals surface area (Å²) in [7, 11) is 0. The van der Waals surface area contributed by atoms with E-state index in [-0.39, 0.29) is 62.5 Å². The van der Waals surface area contributed by atoms with Crippen molar-refractivity contribution in [2.45, 2.75) is 168 Å². The zero-order chi connectivity index (χ0) is 39.5. The van der Waals surface area contributed by atoms with Gasteiger partial charge in [-0.15, -0.1) is 0 Å². The van der Waals surface area contributed by atoms with Gasteiger partial charge in [0.25, 0.3) is 0 Å². The predicted molar refractivity (Wildman–Crippen MR) is 212 cm³/mol. The zero-order valence-corrected chi connectivity index (χ0v) is 33.2. The molecule has 0 saturated carbocycles. The molecule has 1 atom stereocenters. The monoisotopic (exact) mass is 765 g/mol. The summed E-state index contributed by atoms with van der Waals surface area (Å²) >= 11 is 0. The van der Waals surface area contributed by atoms with Crippen LogP contribution in [-0.4, -0.2) is 48.2 Å². The Morgan fingerprint density at radius 3 is 1.67 bits per heavy atom. The number of esters is 4. The highest BCUT2D eigenvalue weighted by Gasteiger charge is 2.20. The Labute approximate surface area is 326 Å². The molecule has 1 aromatic rings. The number of benzene rings is 2. The van der Waals surface area contributed by atoms with E-state index in [9.17, 15) is 24.0 Å². The van der Waals surface area contributed by atoms with Gasteiger partial charge in [-0.05, 0) is 43.5 Å². The number of fused-ring (bicyclic) bond motifs is 2. The Hall–Kier alpha value is -4.28. The van der Waals surface area contributed by atoms with Crippen LogP contribution in [0, 0.1) is 0 Å². The minimum absolute atomic E-state index is 0.0482. The van der Waals surface area contributed by atoms with Gasteiger partial charge in [-0.25, -0.2) is 4.98 Å². The van der Waals surface area contributed by atoms with Crippen molar-refractivity contribution in [3.63, 3.8) is 0 Å². The first-order valence-electron chi connectivity index (χ1n) is 20.8. The Bertz CT molecular complexity index is 1600. The highest BCUT2D eigenvalue weighted by atomic mass is 16.6. The third-order valence-corrected chi connectivity index (χ3v) is 9.44. The lowest BCUT2D eigenvalue weighted by molar-refractivity contribution is -0.167. The van der Waals surface area contributed by atoms with Gasteiger partial charge in [0.1, 0.15) is 30.2 Å². The van der Waals surface area contributed by atoms with Crippen molar-refractivity contribution in [1.82, 2.24) is 4.98 Å². The molecule has 1 aliphatic carbocycles. The fourth-order valence-electron chi connectivity index (χ4n) is 6.25. The van der Waals surface area contributed by atoms with Crippen LogP contribution in [0.2, 0.25) is 0 Å². The number of carbonyl (C=O) groups excluding carboxylic acids is 4. The van der Waals surface area contributed by atoms with Crippen molar-refractivity contribution in [2.75, 3.05) is 13.2 Å². The number of carbonyl (C=O) groups is 4. The zero-order valence-electron chi connectivity index (χ0n) is 33.2. The Kier molecular flexibility index (Phi) is 22.4. The van der Waals surface area contributed by atoms with Gasteiger partial charge in [0.05, 0.1) is 0 Å². The molecule has 3 rings (SSSR count). The molecular weight excluding hydrogens is 702 g/mol. The number of rotatable bonds is 30. The molecule has 1 aliphatic heterocycles. The molecule has 1 aromatic carbocycles. The number of nitrogens with zero attached hydrogens (tertiary/aromatic N) is 1. The van der Waals surface area contributed by atoms with Crippen LogP contribution in [0.3, 0.4) is 0 Å². The fraction of sp³-hybridized carbons (Fsp3) is 0.636. The lowest BCUT2D eigenvalue weighted by atomic mass is 10.1. The van der Waals surface area contributed by atoms with E-state index < -0.39 is 24.0 Å². The third kappa shape index (κ3) is 19.7. The van der Waals surface area contributed by atoms with Gasteiger partial charge >= 0.3 is 23.9 Å². The summed E-state index contributed by atoms with van der Waals surface area (Å²) in [5, 5.41) is 0. The molecule has 0 bridgehead atoms. The van der Waals surface area contributed by atoms with E-state index in [1.54, 1.807) is 18.2 Å². The predicted octanol–water partition coefficient (Wildman–Crippen LogP) is 10.2. The maximum atomic E-state index is 12.7. The van der Waals surface area contributed by atoms with Crippen LogP contribution in [0.25, 0.3) is 22.6 Å². The second kappa shape index (κ2) is 27.3. The molecule has 11 nitrogen and oxygen atoms in total. The topological polar surface area (TPSA) is 148 Å². The molecule has 0 radical (unpaired) electrons. The van der Waals surface area contributed by atoms with Crippen molar-refractivity contribution in [3.05, 3.63) is 46.6 Å². The SMILES string of the molecule is CCCCCCCCCCCC(=O)OCC(COC(=O)CCCC(=O)Oc1ccc2nc3ccc(=O)cc-3oc2c1)OC(=O)CCCCCCCCCCC. The summed E-state index contributed by atoms with van der Waals surface area (Å²) in [6.07, 6.45) is 20.0. The van der Waals surface area contributed by atoms with Crippen LogP contribution in [-0.2, 0) is 33.4 Å². The third-order valence-electron chi connectivity index (χ3n) is 9.44. The summed E-state index contributed by atoms with van der Waals surface area (Å²) in [4.78, 5) is 66.4. The highest BCUT2D eigenvalue weighted by Crippen LogP contribution is 2.27. The summed E-state index contributed by atoms with van der Waals surface area (Å²) in [6.45, 7) is 3.97. The van der Waals surface area contributed by atoms with E-state index in [0.29, 0.717) is 29.0 Å². The van der Waals surface area contributed by atoms with Gasteiger partial charge in [0, 0.05) is 37.8 Å². The van der Waals surface area contributed by atoms with E-state index in [2.05, 4.69) is 18.8 Å². The number of unbranched alkanes of at least 4 members (excludes halogenated alkanes) is 16. The van der Waals surface area contributed by atoms with Crippen LogP contribution in [0.1, 0.15) is 162 Å². The molecule has 0 amide bonds. The normalized spacial score (nSPS) is 11.7. The maximum absolute atomic E-state index is 12.7. The van der Waals surface area contributed by atoms with E-state index in [1.807, 2.05) is 0 Å². The molecule has 11 heteroatoms. The van der Waals surface area contributed by atoms with Crippen LogP contribution in [0.4, 0.5) is 0 Å². The molecule has 2 aliphatic rings. The molecule has 0 aromatic heterocycles. The van der Waals surface area contributed by atoms with Crippen LogP contribution >= 0.6 is 0 Å². The number of hydrogen-bond acceptors (Lipinski definition) is 11. The molecule has 0 spiro atoms.